The first-order valence-electron chi connectivity index (χ1n) is 6.92. The molecule has 1 aliphatic heterocycles. The van der Waals surface area contributed by atoms with Gasteiger partial charge in [0.05, 0.1) is 23.4 Å². The van der Waals surface area contributed by atoms with Crippen LogP contribution in [0.4, 0.5) is 0 Å². The van der Waals surface area contributed by atoms with Crippen LogP contribution in [-0.4, -0.2) is 16.6 Å². The van der Waals surface area contributed by atoms with Gasteiger partial charge in [0, 0.05) is 12.6 Å². The van der Waals surface area contributed by atoms with Gasteiger partial charge in [-0.2, -0.15) is 5.26 Å². The fourth-order valence-corrected chi connectivity index (χ4v) is 2.80. The molecule has 4 heteroatoms. The third-order valence-electron chi connectivity index (χ3n) is 3.81. The van der Waals surface area contributed by atoms with Gasteiger partial charge in [0.2, 0.25) is 0 Å². The number of rotatable bonds is 3. The van der Waals surface area contributed by atoms with Gasteiger partial charge < -0.3 is 4.52 Å². The Hall–Kier alpha value is -2.12. The summed E-state index contributed by atoms with van der Waals surface area (Å²) in [5.74, 6) is 0.966. The molecule has 1 saturated heterocycles. The summed E-state index contributed by atoms with van der Waals surface area (Å²) in [7, 11) is 0. The molecule has 0 radical (unpaired) electrons. The molecule has 0 spiro atoms. The second-order valence-corrected chi connectivity index (χ2v) is 5.31. The van der Waals surface area contributed by atoms with E-state index in [9.17, 15) is 0 Å². The zero-order valence-corrected chi connectivity index (χ0v) is 11.5. The fraction of sp³-hybridized carbons (Fsp3) is 0.375. The Morgan fingerprint density at radius 1 is 1.40 bits per heavy atom. The summed E-state index contributed by atoms with van der Waals surface area (Å²) in [6.45, 7) is 3.91. The minimum Gasteiger partial charge on any atom is -0.359 e. The SMILES string of the molecule is Cc1cc(C2CCCN2Cc2ccc(C#N)cc2)on1. The Morgan fingerprint density at radius 2 is 2.20 bits per heavy atom. The monoisotopic (exact) mass is 267 g/mol. The van der Waals surface area contributed by atoms with Gasteiger partial charge in [-0.3, -0.25) is 4.90 Å². The topological polar surface area (TPSA) is 53.1 Å². The number of likely N-dealkylation sites (tertiary alicyclic amines) is 1. The van der Waals surface area contributed by atoms with Gasteiger partial charge in [-0.15, -0.1) is 0 Å². The summed E-state index contributed by atoms with van der Waals surface area (Å²) < 4.78 is 5.42. The molecule has 1 atom stereocenters. The first-order chi connectivity index (χ1) is 9.76. The lowest BCUT2D eigenvalue weighted by atomic mass is 10.1. The van der Waals surface area contributed by atoms with Crippen molar-refractivity contribution in [1.29, 1.82) is 5.26 Å². The number of aryl methyl sites for hydroxylation is 1. The van der Waals surface area contributed by atoms with Gasteiger partial charge in [0.1, 0.15) is 0 Å². The highest BCUT2D eigenvalue weighted by molar-refractivity contribution is 5.31. The van der Waals surface area contributed by atoms with E-state index in [-0.39, 0.29) is 0 Å². The summed E-state index contributed by atoms with van der Waals surface area (Å²) in [5.41, 5.74) is 2.87. The minimum atomic E-state index is 0.326. The summed E-state index contributed by atoms with van der Waals surface area (Å²) in [6, 6.07) is 12.3. The van der Waals surface area contributed by atoms with Crippen LogP contribution in [0.5, 0.6) is 0 Å². The molecular weight excluding hydrogens is 250 g/mol. The highest BCUT2D eigenvalue weighted by Gasteiger charge is 2.28. The smallest absolute Gasteiger partial charge is 0.154 e. The summed E-state index contributed by atoms with van der Waals surface area (Å²) in [6.07, 6.45) is 2.30. The Balaban J connectivity index is 1.74. The predicted molar refractivity (Wildman–Crippen MR) is 74.8 cm³/mol. The van der Waals surface area contributed by atoms with Crippen molar-refractivity contribution in [2.45, 2.75) is 32.4 Å². The number of benzene rings is 1. The van der Waals surface area contributed by atoms with E-state index in [4.69, 9.17) is 9.78 Å². The van der Waals surface area contributed by atoms with Crippen molar-refractivity contribution in [3.8, 4) is 6.07 Å². The van der Waals surface area contributed by atoms with Crippen LogP contribution >= 0.6 is 0 Å². The van der Waals surface area contributed by atoms with Crippen LogP contribution in [0.2, 0.25) is 0 Å². The number of aromatic nitrogens is 1. The standard InChI is InChI=1S/C16H17N3O/c1-12-9-16(20-18-12)15-3-2-8-19(15)11-14-6-4-13(10-17)5-7-14/h4-7,9,15H,2-3,8,11H2,1H3. The molecule has 0 N–H and O–H groups in total. The highest BCUT2D eigenvalue weighted by atomic mass is 16.5. The molecule has 0 amide bonds. The summed E-state index contributed by atoms with van der Waals surface area (Å²) in [5, 5.41) is 12.8. The van der Waals surface area contributed by atoms with E-state index >= 15 is 0 Å². The first kappa shape index (κ1) is 12.9. The third kappa shape index (κ3) is 2.59. The molecule has 1 aliphatic rings. The van der Waals surface area contributed by atoms with Crippen LogP contribution in [0.15, 0.2) is 34.9 Å². The Kier molecular flexibility index (Phi) is 3.53. The largest absolute Gasteiger partial charge is 0.359 e. The number of hydrogen-bond acceptors (Lipinski definition) is 4. The van der Waals surface area contributed by atoms with Crippen LogP contribution in [0.1, 0.15) is 41.5 Å². The average molecular weight is 267 g/mol. The van der Waals surface area contributed by atoms with Gasteiger partial charge in [-0.25, -0.2) is 0 Å². The Labute approximate surface area is 118 Å². The number of nitriles is 1. The van der Waals surface area contributed by atoms with E-state index in [2.05, 4.69) is 16.1 Å². The molecule has 20 heavy (non-hydrogen) atoms. The second-order valence-electron chi connectivity index (χ2n) is 5.31. The van der Waals surface area contributed by atoms with Crippen LogP contribution in [-0.2, 0) is 6.54 Å². The number of nitrogens with zero attached hydrogens (tertiary/aromatic N) is 3. The van der Waals surface area contributed by atoms with Gasteiger partial charge in [-0.05, 0) is 44.0 Å². The van der Waals surface area contributed by atoms with Gasteiger partial charge in [-0.1, -0.05) is 17.3 Å². The van der Waals surface area contributed by atoms with Crippen molar-refractivity contribution in [2.75, 3.05) is 6.54 Å². The molecule has 1 aromatic carbocycles. The lowest BCUT2D eigenvalue weighted by Gasteiger charge is -2.22. The van der Waals surface area contributed by atoms with Crippen molar-refractivity contribution in [3.63, 3.8) is 0 Å². The lowest BCUT2D eigenvalue weighted by molar-refractivity contribution is 0.206. The van der Waals surface area contributed by atoms with Crippen LogP contribution in [0.25, 0.3) is 0 Å². The molecule has 1 aromatic heterocycles. The maximum Gasteiger partial charge on any atom is 0.154 e. The molecule has 1 fully saturated rings. The molecule has 102 valence electrons. The molecule has 2 aromatic rings. The minimum absolute atomic E-state index is 0.326. The maximum absolute atomic E-state index is 8.83. The molecule has 0 aliphatic carbocycles. The summed E-state index contributed by atoms with van der Waals surface area (Å²) >= 11 is 0. The van der Waals surface area contributed by atoms with E-state index in [1.807, 2.05) is 37.3 Å². The molecule has 0 bridgehead atoms. The van der Waals surface area contributed by atoms with E-state index in [0.717, 1.165) is 31.0 Å². The molecule has 2 heterocycles. The Morgan fingerprint density at radius 3 is 2.85 bits per heavy atom. The van der Waals surface area contributed by atoms with E-state index in [0.29, 0.717) is 11.6 Å². The fourth-order valence-electron chi connectivity index (χ4n) is 2.80. The highest BCUT2D eigenvalue weighted by Crippen LogP contribution is 2.33. The van der Waals surface area contributed by atoms with Gasteiger partial charge in [0.15, 0.2) is 5.76 Å². The normalized spacial score (nSPS) is 19.1. The van der Waals surface area contributed by atoms with E-state index < -0.39 is 0 Å². The lowest BCUT2D eigenvalue weighted by Crippen LogP contribution is -2.22. The van der Waals surface area contributed by atoms with Crippen LogP contribution in [0, 0.1) is 18.3 Å². The van der Waals surface area contributed by atoms with Crippen molar-refractivity contribution < 1.29 is 4.52 Å². The molecule has 3 rings (SSSR count). The molecule has 4 nitrogen and oxygen atoms in total. The van der Waals surface area contributed by atoms with Crippen molar-refractivity contribution in [1.82, 2.24) is 10.1 Å². The van der Waals surface area contributed by atoms with Crippen molar-refractivity contribution in [2.24, 2.45) is 0 Å². The molecule has 0 saturated carbocycles. The van der Waals surface area contributed by atoms with Gasteiger partial charge >= 0.3 is 0 Å². The van der Waals surface area contributed by atoms with Crippen molar-refractivity contribution in [3.05, 3.63) is 52.9 Å². The Bertz CT molecular complexity index is 624. The molecule has 1 unspecified atom stereocenters. The zero-order chi connectivity index (χ0) is 13.9. The molecular formula is C16H17N3O. The van der Waals surface area contributed by atoms with Crippen molar-refractivity contribution >= 4 is 0 Å². The van der Waals surface area contributed by atoms with E-state index in [1.165, 1.54) is 12.0 Å². The maximum atomic E-state index is 8.83. The third-order valence-corrected chi connectivity index (χ3v) is 3.81. The predicted octanol–water partition coefficient (Wildman–Crippen LogP) is 3.19. The van der Waals surface area contributed by atoms with Crippen LogP contribution in [0.3, 0.4) is 0 Å². The first-order valence-corrected chi connectivity index (χ1v) is 6.92. The quantitative estimate of drug-likeness (QED) is 0.857. The summed E-state index contributed by atoms with van der Waals surface area (Å²) in [4.78, 5) is 2.42. The second kappa shape index (κ2) is 5.48. The zero-order valence-electron chi connectivity index (χ0n) is 11.5. The number of hydrogen-bond donors (Lipinski definition) is 0. The van der Waals surface area contributed by atoms with Gasteiger partial charge in [0.25, 0.3) is 0 Å². The van der Waals surface area contributed by atoms with E-state index in [1.54, 1.807) is 0 Å². The van der Waals surface area contributed by atoms with Crippen LogP contribution < -0.4 is 0 Å². The average Bonchev–Trinajstić information content (AvgIpc) is 3.08.